The minimum atomic E-state index is -0.665. The van der Waals surface area contributed by atoms with Gasteiger partial charge in [0.05, 0.1) is 5.60 Å². The molecule has 1 fully saturated rings. The summed E-state index contributed by atoms with van der Waals surface area (Å²) in [5, 5.41) is 9.84. The van der Waals surface area contributed by atoms with Crippen molar-refractivity contribution in [2.75, 3.05) is 26.2 Å². The van der Waals surface area contributed by atoms with Crippen molar-refractivity contribution < 1.29 is 5.11 Å². The van der Waals surface area contributed by atoms with Crippen LogP contribution in [0.5, 0.6) is 0 Å². The van der Waals surface area contributed by atoms with Crippen molar-refractivity contribution in [2.45, 2.75) is 64.9 Å². The van der Waals surface area contributed by atoms with Crippen LogP contribution in [0.1, 0.15) is 59.3 Å². The van der Waals surface area contributed by atoms with Crippen LogP contribution in [0.2, 0.25) is 0 Å². The van der Waals surface area contributed by atoms with Gasteiger partial charge in [0, 0.05) is 13.1 Å². The number of nitrogens with zero attached hydrogens (tertiary/aromatic N) is 1. The zero-order chi connectivity index (χ0) is 13.6. The quantitative estimate of drug-likeness (QED) is 0.656. The highest BCUT2D eigenvalue weighted by atomic mass is 16.3. The van der Waals surface area contributed by atoms with Crippen molar-refractivity contribution in [3.05, 3.63) is 0 Å². The van der Waals surface area contributed by atoms with Gasteiger partial charge in [-0.1, -0.05) is 13.8 Å². The fraction of sp³-hybridized carbons (Fsp3) is 1.00. The van der Waals surface area contributed by atoms with E-state index in [1.807, 2.05) is 6.92 Å². The number of hydrogen-bond donors (Lipinski definition) is 2. The first-order chi connectivity index (χ1) is 8.47. The van der Waals surface area contributed by atoms with Crippen molar-refractivity contribution in [3.8, 4) is 0 Å². The van der Waals surface area contributed by atoms with Gasteiger partial charge in [-0.15, -0.1) is 0 Å². The molecular formula is C15H32N2O. The largest absolute Gasteiger partial charge is 0.389 e. The number of likely N-dealkylation sites (tertiary alicyclic amines) is 1. The molecule has 1 atom stereocenters. The number of hydrogen-bond acceptors (Lipinski definition) is 3. The number of nitrogens with two attached hydrogens (primary N) is 1. The molecule has 0 spiro atoms. The lowest BCUT2D eigenvalue weighted by atomic mass is 9.82. The fourth-order valence-corrected chi connectivity index (χ4v) is 2.99. The second kappa shape index (κ2) is 6.88. The summed E-state index contributed by atoms with van der Waals surface area (Å²) in [5.41, 5.74) is 5.44. The van der Waals surface area contributed by atoms with E-state index in [0.717, 1.165) is 12.8 Å². The van der Waals surface area contributed by atoms with E-state index in [4.69, 9.17) is 5.73 Å². The Kier molecular flexibility index (Phi) is 6.09. The molecule has 18 heavy (non-hydrogen) atoms. The van der Waals surface area contributed by atoms with E-state index in [1.165, 1.54) is 45.3 Å². The van der Waals surface area contributed by atoms with Crippen LogP contribution in [0.15, 0.2) is 0 Å². The van der Waals surface area contributed by atoms with E-state index in [1.54, 1.807) is 0 Å². The van der Waals surface area contributed by atoms with Gasteiger partial charge in [0.1, 0.15) is 0 Å². The van der Waals surface area contributed by atoms with Gasteiger partial charge in [0.2, 0.25) is 0 Å². The lowest BCUT2D eigenvalue weighted by Gasteiger charge is -2.26. The summed E-state index contributed by atoms with van der Waals surface area (Å²) in [4.78, 5) is 2.60. The zero-order valence-electron chi connectivity index (χ0n) is 12.5. The smallest absolute Gasteiger partial charge is 0.0741 e. The normalized spacial score (nSPS) is 23.2. The van der Waals surface area contributed by atoms with Crippen LogP contribution in [0.4, 0.5) is 0 Å². The van der Waals surface area contributed by atoms with E-state index in [0.29, 0.717) is 12.0 Å². The first-order valence-electron chi connectivity index (χ1n) is 7.62. The Morgan fingerprint density at radius 1 is 1.28 bits per heavy atom. The Hall–Kier alpha value is -0.120. The summed E-state index contributed by atoms with van der Waals surface area (Å²) in [6.07, 6.45) is 7.06. The van der Waals surface area contributed by atoms with Gasteiger partial charge >= 0.3 is 0 Å². The Morgan fingerprint density at radius 2 is 1.94 bits per heavy atom. The Morgan fingerprint density at radius 3 is 2.44 bits per heavy atom. The summed E-state index contributed by atoms with van der Waals surface area (Å²) in [7, 11) is 0. The van der Waals surface area contributed by atoms with E-state index < -0.39 is 5.60 Å². The summed E-state index contributed by atoms with van der Waals surface area (Å²) < 4.78 is 0. The van der Waals surface area contributed by atoms with Gasteiger partial charge in [-0.05, 0) is 64.0 Å². The molecule has 0 aromatic heterocycles. The topological polar surface area (TPSA) is 49.5 Å². The summed E-state index contributed by atoms with van der Waals surface area (Å²) in [5.74, 6) is 0. The van der Waals surface area contributed by atoms with E-state index in [-0.39, 0.29) is 0 Å². The molecule has 0 aliphatic carbocycles. The standard InChI is InChI=1S/C15H32N2O/c1-4-15(5-2)9-11-17(13-15)10-7-6-8-14(3,18)12-16/h18H,4-13,16H2,1-3H3. The third kappa shape index (κ3) is 4.52. The van der Waals surface area contributed by atoms with Crippen molar-refractivity contribution >= 4 is 0 Å². The molecule has 0 saturated carbocycles. The van der Waals surface area contributed by atoms with Crippen LogP contribution in [0.25, 0.3) is 0 Å². The number of aliphatic hydroxyl groups is 1. The summed E-state index contributed by atoms with van der Waals surface area (Å²) in [6.45, 7) is 10.6. The molecule has 3 heteroatoms. The highest BCUT2D eigenvalue weighted by Crippen LogP contribution is 2.36. The third-order valence-corrected chi connectivity index (χ3v) is 4.90. The molecule has 1 saturated heterocycles. The second-order valence-corrected chi connectivity index (χ2v) is 6.39. The van der Waals surface area contributed by atoms with E-state index >= 15 is 0 Å². The summed E-state index contributed by atoms with van der Waals surface area (Å²) >= 11 is 0. The number of rotatable bonds is 8. The molecule has 0 aromatic carbocycles. The van der Waals surface area contributed by atoms with Crippen molar-refractivity contribution in [2.24, 2.45) is 11.1 Å². The van der Waals surface area contributed by atoms with Gasteiger partial charge < -0.3 is 15.7 Å². The highest BCUT2D eigenvalue weighted by molar-refractivity contribution is 4.87. The highest BCUT2D eigenvalue weighted by Gasteiger charge is 2.34. The molecule has 1 unspecified atom stereocenters. The van der Waals surface area contributed by atoms with Crippen molar-refractivity contribution in [3.63, 3.8) is 0 Å². The minimum absolute atomic E-state index is 0.367. The Balaban J connectivity index is 2.18. The zero-order valence-corrected chi connectivity index (χ0v) is 12.5. The van der Waals surface area contributed by atoms with Crippen molar-refractivity contribution in [1.82, 2.24) is 4.90 Å². The monoisotopic (exact) mass is 256 g/mol. The average molecular weight is 256 g/mol. The molecular weight excluding hydrogens is 224 g/mol. The maximum absolute atomic E-state index is 9.84. The average Bonchev–Trinajstić information content (AvgIpc) is 2.79. The number of unbranched alkanes of at least 4 members (excludes halogenated alkanes) is 1. The second-order valence-electron chi connectivity index (χ2n) is 6.39. The first kappa shape index (κ1) is 15.9. The van der Waals surface area contributed by atoms with Gasteiger partial charge in [-0.3, -0.25) is 0 Å². The molecule has 3 nitrogen and oxygen atoms in total. The van der Waals surface area contributed by atoms with Crippen LogP contribution < -0.4 is 5.73 Å². The van der Waals surface area contributed by atoms with Gasteiger partial charge in [-0.2, -0.15) is 0 Å². The van der Waals surface area contributed by atoms with Gasteiger partial charge in [0.15, 0.2) is 0 Å². The molecule has 1 aliphatic heterocycles. The van der Waals surface area contributed by atoms with Crippen LogP contribution >= 0.6 is 0 Å². The predicted molar refractivity (Wildman–Crippen MR) is 77.6 cm³/mol. The van der Waals surface area contributed by atoms with Crippen LogP contribution in [0, 0.1) is 5.41 Å². The maximum Gasteiger partial charge on any atom is 0.0741 e. The summed E-state index contributed by atoms with van der Waals surface area (Å²) in [6, 6.07) is 0. The van der Waals surface area contributed by atoms with Crippen LogP contribution in [-0.2, 0) is 0 Å². The third-order valence-electron chi connectivity index (χ3n) is 4.90. The molecule has 1 heterocycles. The fourth-order valence-electron chi connectivity index (χ4n) is 2.99. The minimum Gasteiger partial charge on any atom is -0.389 e. The van der Waals surface area contributed by atoms with Gasteiger partial charge in [0.25, 0.3) is 0 Å². The van der Waals surface area contributed by atoms with Crippen LogP contribution in [0.3, 0.4) is 0 Å². The molecule has 1 aliphatic rings. The SMILES string of the molecule is CCC1(CC)CCN(CCCCC(C)(O)CN)C1. The molecule has 0 radical (unpaired) electrons. The predicted octanol–water partition coefficient (Wildman–Crippen LogP) is 2.38. The first-order valence-corrected chi connectivity index (χ1v) is 7.62. The molecule has 0 aromatic rings. The van der Waals surface area contributed by atoms with Crippen LogP contribution in [-0.4, -0.2) is 41.8 Å². The lowest BCUT2D eigenvalue weighted by molar-refractivity contribution is 0.0564. The lowest BCUT2D eigenvalue weighted by Crippen LogP contribution is -2.34. The molecule has 0 amide bonds. The maximum atomic E-state index is 9.84. The molecule has 3 N–H and O–H groups in total. The van der Waals surface area contributed by atoms with Gasteiger partial charge in [-0.25, -0.2) is 0 Å². The Labute approximate surface area is 113 Å². The molecule has 0 bridgehead atoms. The molecule has 108 valence electrons. The molecule has 1 rings (SSSR count). The van der Waals surface area contributed by atoms with E-state index in [2.05, 4.69) is 18.7 Å². The van der Waals surface area contributed by atoms with Crippen molar-refractivity contribution in [1.29, 1.82) is 0 Å². The Bertz CT molecular complexity index is 237. The van der Waals surface area contributed by atoms with E-state index in [9.17, 15) is 5.11 Å².